The molecule has 0 saturated heterocycles. The van der Waals surface area contributed by atoms with Crippen LogP contribution in [-0.2, 0) is 19.6 Å². The molecule has 3 N–H and O–H groups in total. The van der Waals surface area contributed by atoms with Gasteiger partial charge in [-0.1, -0.05) is 54.1 Å². The van der Waals surface area contributed by atoms with E-state index >= 15 is 0 Å². The second-order valence-corrected chi connectivity index (χ2v) is 15.2. The lowest BCUT2D eigenvalue weighted by Gasteiger charge is -2.29. The normalized spacial score (nSPS) is 16.6. The molecule has 2 aromatic heterocycles. The smallest absolute Gasteiger partial charge is 0.407 e. The van der Waals surface area contributed by atoms with Gasteiger partial charge in [-0.15, -0.1) is 0 Å². The van der Waals surface area contributed by atoms with Gasteiger partial charge in [0.05, 0.1) is 27.3 Å². The van der Waals surface area contributed by atoms with Gasteiger partial charge in [0.15, 0.2) is 0 Å². The van der Waals surface area contributed by atoms with Crippen molar-refractivity contribution >= 4 is 61.9 Å². The molecule has 0 bridgehead atoms. The van der Waals surface area contributed by atoms with Gasteiger partial charge in [0, 0.05) is 40.5 Å². The lowest BCUT2D eigenvalue weighted by molar-refractivity contribution is -0.120. The number of hydrogen-bond donors (Lipinski definition) is 3. The summed E-state index contributed by atoms with van der Waals surface area (Å²) in [6, 6.07) is 22.6. The summed E-state index contributed by atoms with van der Waals surface area (Å²) < 4.78 is 33.8. The zero-order chi connectivity index (χ0) is 34.8. The number of para-hydroxylation sites is 1. The van der Waals surface area contributed by atoms with Gasteiger partial charge in [0.1, 0.15) is 5.60 Å². The Morgan fingerprint density at radius 1 is 0.918 bits per heavy atom. The quantitative estimate of drug-likeness (QED) is 0.149. The molecule has 1 aliphatic carbocycles. The van der Waals surface area contributed by atoms with Crippen molar-refractivity contribution in [3.8, 4) is 11.3 Å². The second-order valence-electron chi connectivity index (χ2n) is 13.0. The fourth-order valence-corrected chi connectivity index (χ4v) is 7.47. The number of benzene rings is 3. The summed E-state index contributed by atoms with van der Waals surface area (Å²) in [6.45, 7) is 5.46. The van der Waals surface area contributed by atoms with Crippen LogP contribution in [-0.4, -0.2) is 46.0 Å². The van der Waals surface area contributed by atoms with E-state index in [4.69, 9.17) is 16.3 Å². The first kappa shape index (κ1) is 33.9. The Morgan fingerprint density at radius 3 is 2.35 bits per heavy atom. The SMILES string of the molecule is CC(C)(C)OC(=O)N[C@H]1CC[C@H](C(=O)Nc2cccc(Nc3ncc(Cl)c(-c4cn(S(=O)(=O)c5ccccc5)c5ccccc45)n3)c2)CC1. The third-order valence-electron chi connectivity index (χ3n) is 8.18. The highest BCUT2D eigenvalue weighted by atomic mass is 35.5. The first-order chi connectivity index (χ1) is 23.4. The van der Waals surface area contributed by atoms with E-state index in [0.29, 0.717) is 59.2 Å². The molecule has 2 heterocycles. The number of carbonyl (C=O) groups excluding carboxylic acids is 2. The van der Waals surface area contributed by atoms with E-state index in [2.05, 4.69) is 25.9 Å². The van der Waals surface area contributed by atoms with E-state index < -0.39 is 21.7 Å². The van der Waals surface area contributed by atoms with Crippen LogP contribution >= 0.6 is 11.6 Å². The summed E-state index contributed by atoms with van der Waals surface area (Å²) in [6.07, 6.45) is 5.22. The highest BCUT2D eigenvalue weighted by molar-refractivity contribution is 7.90. The Labute approximate surface area is 290 Å². The van der Waals surface area contributed by atoms with Crippen molar-refractivity contribution < 1.29 is 22.7 Å². The zero-order valence-electron chi connectivity index (χ0n) is 27.3. The zero-order valence-corrected chi connectivity index (χ0v) is 28.9. The van der Waals surface area contributed by atoms with Gasteiger partial charge in [-0.25, -0.2) is 27.2 Å². The van der Waals surface area contributed by atoms with Crippen LogP contribution < -0.4 is 16.0 Å². The van der Waals surface area contributed by atoms with Crippen LogP contribution in [0.15, 0.2) is 96.2 Å². The van der Waals surface area contributed by atoms with Crippen molar-refractivity contribution in [2.75, 3.05) is 10.6 Å². The van der Waals surface area contributed by atoms with Gasteiger partial charge in [-0.3, -0.25) is 4.79 Å². The first-order valence-electron chi connectivity index (χ1n) is 16.0. The highest BCUT2D eigenvalue weighted by Gasteiger charge is 2.29. The van der Waals surface area contributed by atoms with Crippen molar-refractivity contribution in [1.29, 1.82) is 0 Å². The minimum atomic E-state index is -3.90. The number of alkyl carbamates (subject to hydrolysis) is 1. The molecule has 0 atom stereocenters. The van der Waals surface area contributed by atoms with Gasteiger partial charge in [0.2, 0.25) is 11.9 Å². The predicted molar refractivity (Wildman–Crippen MR) is 190 cm³/mol. The van der Waals surface area contributed by atoms with E-state index in [-0.39, 0.29) is 33.7 Å². The molecule has 254 valence electrons. The maximum atomic E-state index is 13.6. The molecule has 3 aromatic carbocycles. The van der Waals surface area contributed by atoms with Crippen LogP contribution in [0.3, 0.4) is 0 Å². The number of ether oxygens (including phenoxy) is 1. The molecule has 0 radical (unpaired) electrons. The topological polar surface area (TPSA) is 144 Å². The Morgan fingerprint density at radius 2 is 1.61 bits per heavy atom. The average Bonchev–Trinajstić information content (AvgIpc) is 3.46. The summed E-state index contributed by atoms with van der Waals surface area (Å²) in [5, 5.41) is 10.0. The molecule has 13 heteroatoms. The van der Waals surface area contributed by atoms with Crippen LogP contribution in [0, 0.1) is 5.92 Å². The number of aromatic nitrogens is 3. The number of amides is 2. The summed E-state index contributed by atoms with van der Waals surface area (Å²) in [4.78, 5) is 34.5. The van der Waals surface area contributed by atoms with Crippen molar-refractivity contribution in [3.63, 3.8) is 0 Å². The van der Waals surface area contributed by atoms with Crippen molar-refractivity contribution in [3.05, 3.63) is 96.3 Å². The molecule has 1 aliphatic rings. The fraction of sp³-hybridized carbons (Fsp3) is 0.278. The van der Waals surface area contributed by atoms with Crippen molar-refractivity contribution in [2.24, 2.45) is 5.92 Å². The maximum absolute atomic E-state index is 13.6. The molecular formula is C36H37ClN6O5S. The minimum Gasteiger partial charge on any atom is -0.444 e. The fourth-order valence-electron chi connectivity index (χ4n) is 5.88. The number of halogens is 1. The molecular weight excluding hydrogens is 664 g/mol. The summed E-state index contributed by atoms with van der Waals surface area (Å²) in [5.74, 6) is -0.0236. The van der Waals surface area contributed by atoms with Gasteiger partial charge in [0.25, 0.3) is 10.0 Å². The molecule has 11 nitrogen and oxygen atoms in total. The Kier molecular flexibility index (Phi) is 9.62. The summed E-state index contributed by atoms with van der Waals surface area (Å²) in [5.41, 5.74) is 2.04. The molecule has 0 unspecified atom stereocenters. The van der Waals surface area contributed by atoms with Gasteiger partial charge < -0.3 is 20.7 Å². The van der Waals surface area contributed by atoms with Crippen LogP contribution in [0.25, 0.3) is 22.2 Å². The molecule has 5 aromatic rings. The highest BCUT2D eigenvalue weighted by Crippen LogP contribution is 2.36. The van der Waals surface area contributed by atoms with Crippen molar-refractivity contribution in [2.45, 2.75) is 63.0 Å². The maximum Gasteiger partial charge on any atom is 0.407 e. The predicted octanol–water partition coefficient (Wildman–Crippen LogP) is 7.75. The number of nitrogens with one attached hydrogen (secondary N) is 3. The molecule has 6 rings (SSSR count). The third kappa shape index (κ3) is 7.87. The summed E-state index contributed by atoms with van der Waals surface area (Å²) >= 11 is 6.60. The number of carbonyl (C=O) groups is 2. The van der Waals surface area contributed by atoms with Crippen LogP contribution in [0.5, 0.6) is 0 Å². The van der Waals surface area contributed by atoms with Crippen LogP contribution in [0.4, 0.5) is 22.1 Å². The van der Waals surface area contributed by atoms with Gasteiger partial charge >= 0.3 is 6.09 Å². The van der Waals surface area contributed by atoms with Crippen LogP contribution in [0.1, 0.15) is 46.5 Å². The number of nitrogens with zero attached hydrogens (tertiary/aromatic N) is 3. The molecule has 0 aliphatic heterocycles. The first-order valence-corrected chi connectivity index (χ1v) is 17.8. The average molecular weight is 701 g/mol. The summed E-state index contributed by atoms with van der Waals surface area (Å²) in [7, 11) is -3.90. The van der Waals surface area contributed by atoms with Gasteiger partial charge in [-0.2, -0.15) is 0 Å². The Hall–Kier alpha value is -4.94. The van der Waals surface area contributed by atoms with E-state index in [1.165, 1.54) is 16.4 Å². The van der Waals surface area contributed by atoms with E-state index in [9.17, 15) is 18.0 Å². The van der Waals surface area contributed by atoms with Crippen molar-refractivity contribution in [1.82, 2.24) is 19.3 Å². The number of anilines is 3. The largest absolute Gasteiger partial charge is 0.444 e. The molecule has 1 fully saturated rings. The molecule has 1 saturated carbocycles. The molecule has 0 spiro atoms. The number of fused-ring (bicyclic) bond motifs is 1. The van der Waals surface area contributed by atoms with E-state index in [1.807, 2.05) is 39.0 Å². The van der Waals surface area contributed by atoms with E-state index in [1.54, 1.807) is 60.7 Å². The Bertz CT molecular complexity index is 2110. The Balaban J connectivity index is 1.16. The number of hydrogen-bond acceptors (Lipinski definition) is 8. The number of rotatable bonds is 8. The van der Waals surface area contributed by atoms with Gasteiger partial charge in [-0.05, 0) is 82.9 Å². The lowest BCUT2D eigenvalue weighted by Crippen LogP contribution is -2.42. The standard InChI is InChI=1S/C36H37ClN6O5S/c1-36(2,3)48-35(45)41-24-18-16-23(17-19-24)33(44)39-25-10-9-11-26(20-25)40-34-38-21-30(37)32(42-34)29-22-43(31-15-8-7-14-28(29)31)49(46,47)27-12-5-4-6-13-27/h4-15,20-24H,16-19H2,1-3H3,(H,39,44)(H,41,45)(H,38,40,42)/t23-,24-. The molecule has 49 heavy (non-hydrogen) atoms. The second kappa shape index (κ2) is 13.9. The third-order valence-corrected chi connectivity index (χ3v) is 10.1. The monoisotopic (exact) mass is 700 g/mol. The minimum absolute atomic E-state index is 0.0273. The lowest BCUT2D eigenvalue weighted by atomic mass is 9.85. The molecule has 2 amide bonds. The van der Waals surface area contributed by atoms with E-state index in [0.717, 1.165) is 0 Å². The van der Waals surface area contributed by atoms with Crippen LogP contribution in [0.2, 0.25) is 5.02 Å².